The van der Waals surface area contributed by atoms with Crippen molar-refractivity contribution in [2.24, 2.45) is 0 Å². The van der Waals surface area contributed by atoms with Gasteiger partial charge in [-0.25, -0.2) is 9.59 Å². The lowest BCUT2D eigenvalue weighted by molar-refractivity contribution is -0.287. The number of carbonyl (C=O) groups excluding carboxylic acids is 2. The molecule has 1 aromatic carbocycles. The molecule has 42 heavy (non-hydrogen) atoms. The Morgan fingerprint density at radius 3 is 1.45 bits per heavy atom. The lowest BCUT2D eigenvalue weighted by atomic mass is 9.88. The topological polar surface area (TPSA) is 89.5 Å². The zero-order valence-corrected chi connectivity index (χ0v) is 23.6. The van der Waals surface area contributed by atoms with Crippen molar-refractivity contribution in [3.8, 4) is 0 Å². The van der Waals surface area contributed by atoms with E-state index in [1.54, 1.807) is 0 Å². The monoisotopic (exact) mass is 618 g/mol. The van der Waals surface area contributed by atoms with Crippen LogP contribution in [0.5, 0.6) is 0 Å². The van der Waals surface area contributed by atoms with E-state index in [0.29, 0.717) is 19.9 Å². The van der Waals surface area contributed by atoms with E-state index in [4.69, 9.17) is 23.7 Å². The molecule has 0 aliphatic carbocycles. The van der Waals surface area contributed by atoms with Crippen LogP contribution in [0.15, 0.2) is 48.6 Å². The molecule has 0 bridgehead atoms. The summed E-state index contributed by atoms with van der Waals surface area (Å²) in [6, 6.07) is 3.29. The summed E-state index contributed by atoms with van der Waals surface area (Å²) in [5.74, 6) is -1.98. The largest absolute Gasteiger partial charge is 0.454 e. The van der Waals surface area contributed by atoms with Gasteiger partial charge in [0.25, 0.3) is 0 Å². The fraction of sp³-hybridized carbons (Fsp3) is 0.556. The lowest BCUT2D eigenvalue weighted by Gasteiger charge is -2.37. The summed E-state index contributed by atoms with van der Waals surface area (Å²) in [7, 11) is 1.20. The van der Waals surface area contributed by atoms with Gasteiger partial charge in [-0.3, -0.25) is 0 Å². The van der Waals surface area contributed by atoms with E-state index in [-0.39, 0.29) is 17.8 Å². The Morgan fingerprint density at radius 2 is 1.14 bits per heavy atom. The first kappa shape index (κ1) is 37.0. The Hall–Kier alpha value is -3.01. The summed E-state index contributed by atoms with van der Waals surface area (Å²) in [6.45, 7) is 7.12. The van der Waals surface area contributed by atoms with Gasteiger partial charge in [-0.05, 0) is 49.4 Å². The van der Waals surface area contributed by atoms with Crippen molar-refractivity contribution in [2.75, 3.05) is 33.5 Å². The summed E-state index contributed by atoms with van der Waals surface area (Å²) in [5.41, 5.74) is -8.16. The van der Waals surface area contributed by atoms with E-state index in [2.05, 4.69) is 18.1 Å². The molecule has 0 saturated heterocycles. The van der Waals surface area contributed by atoms with Gasteiger partial charge in [0.2, 0.25) is 0 Å². The van der Waals surface area contributed by atoms with Gasteiger partial charge in [0.1, 0.15) is 12.7 Å². The predicted molar refractivity (Wildman–Crippen MR) is 133 cm³/mol. The van der Waals surface area contributed by atoms with Gasteiger partial charge in [-0.1, -0.05) is 31.4 Å². The van der Waals surface area contributed by atoms with E-state index in [0.717, 1.165) is 18.2 Å². The van der Waals surface area contributed by atoms with Crippen molar-refractivity contribution >= 4 is 11.9 Å². The molecular weight excluding hydrogens is 585 g/mol. The fourth-order valence-corrected chi connectivity index (χ4v) is 3.28. The van der Waals surface area contributed by atoms with Crippen LogP contribution in [0.4, 0.5) is 30.9 Å². The van der Waals surface area contributed by atoms with E-state index in [1.807, 2.05) is 0 Å². The first-order chi connectivity index (χ1) is 19.2. The SMILES string of the molecule is C=C(C)C(=O)OC(COC)COC(C)(c1cccc(C(C)(OCC(COF)OC(=O)C(=C)C)C(F)(F)F)c1)C(F)(F)F. The van der Waals surface area contributed by atoms with Gasteiger partial charge >= 0.3 is 24.3 Å². The first-order valence-corrected chi connectivity index (χ1v) is 12.2. The van der Waals surface area contributed by atoms with Crippen molar-refractivity contribution in [2.45, 2.75) is 63.5 Å². The molecule has 238 valence electrons. The summed E-state index contributed by atoms with van der Waals surface area (Å²) in [6.07, 6.45) is -13.4. The molecule has 0 heterocycles. The first-order valence-electron chi connectivity index (χ1n) is 12.2. The number of rotatable bonds is 16. The molecule has 1 rings (SSSR count). The molecule has 0 fully saturated rings. The minimum atomic E-state index is -5.22. The fourth-order valence-electron chi connectivity index (χ4n) is 3.28. The molecule has 0 aromatic heterocycles. The highest BCUT2D eigenvalue weighted by atomic mass is 19.4. The summed E-state index contributed by atoms with van der Waals surface area (Å²) < 4.78 is 124. The Balaban J connectivity index is 3.46. The molecule has 0 spiro atoms. The maximum Gasteiger partial charge on any atom is 0.421 e. The second-order valence-corrected chi connectivity index (χ2v) is 9.61. The summed E-state index contributed by atoms with van der Waals surface area (Å²) in [4.78, 5) is 27.0. The molecule has 4 unspecified atom stereocenters. The van der Waals surface area contributed by atoms with Gasteiger partial charge in [-0.2, -0.15) is 31.3 Å². The van der Waals surface area contributed by atoms with Gasteiger partial charge in [0, 0.05) is 18.3 Å². The number of esters is 2. The molecule has 0 saturated carbocycles. The quantitative estimate of drug-likeness (QED) is 0.131. The number of hydrogen-bond acceptors (Lipinski definition) is 8. The minimum Gasteiger partial charge on any atom is -0.454 e. The summed E-state index contributed by atoms with van der Waals surface area (Å²) >= 11 is 0. The van der Waals surface area contributed by atoms with Crippen LogP contribution >= 0.6 is 0 Å². The molecule has 15 heteroatoms. The van der Waals surface area contributed by atoms with Crippen molar-refractivity contribution in [3.63, 3.8) is 0 Å². The van der Waals surface area contributed by atoms with Crippen molar-refractivity contribution in [1.82, 2.24) is 0 Å². The normalized spacial score (nSPS) is 16.5. The van der Waals surface area contributed by atoms with E-state index in [9.17, 15) is 40.5 Å². The third kappa shape index (κ3) is 9.51. The third-order valence-corrected chi connectivity index (χ3v) is 6.01. The van der Waals surface area contributed by atoms with Crippen LogP contribution in [0.2, 0.25) is 0 Å². The molecule has 0 N–H and O–H groups in total. The van der Waals surface area contributed by atoms with Gasteiger partial charge in [-0.15, -0.1) is 0 Å². The summed E-state index contributed by atoms with van der Waals surface area (Å²) in [5, 5.41) is 0. The van der Waals surface area contributed by atoms with Crippen LogP contribution in [0.3, 0.4) is 0 Å². The number of benzene rings is 1. The smallest absolute Gasteiger partial charge is 0.421 e. The molecule has 8 nitrogen and oxygen atoms in total. The number of halogens is 7. The van der Waals surface area contributed by atoms with E-state index < -0.39 is 78.6 Å². The average Bonchev–Trinajstić information content (AvgIpc) is 2.88. The van der Waals surface area contributed by atoms with Crippen molar-refractivity contribution in [3.05, 3.63) is 59.7 Å². The second kappa shape index (κ2) is 14.9. The molecule has 0 aliphatic heterocycles. The molecule has 0 radical (unpaired) electrons. The van der Waals surface area contributed by atoms with Crippen LogP contribution in [-0.4, -0.2) is 70.0 Å². The third-order valence-electron chi connectivity index (χ3n) is 6.01. The number of carbonyl (C=O) groups is 2. The molecule has 0 aliphatic rings. The number of ether oxygens (including phenoxy) is 5. The Labute approximate surface area is 238 Å². The molecule has 0 amide bonds. The van der Waals surface area contributed by atoms with Crippen LogP contribution in [0, 0.1) is 0 Å². The van der Waals surface area contributed by atoms with Crippen LogP contribution < -0.4 is 0 Å². The Morgan fingerprint density at radius 1 is 0.762 bits per heavy atom. The average molecular weight is 619 g/mol. The van der Waals surface area contributed by atoms with Gasteiger partial charge in [0.15, 0.2) is 17.3 Å². The number of alkyl halides is 6. The Kier molecular flexibility index (Phi) is 13.2. The standard InChI is InChI=1S/C27H33F7O8/c1-16(2)22(35)41-20(12-37-7)13-38-24(5,26(28,29)30)18-9-8-10-19(11-18)25(6,27(31,32)33)39-14-21(15-40-34)42-23(36)17(3)4/h8-11,20-21H,1,3,12-15H2,2,4-7H3. The maximum atomic E-state index is 14.4. The zero-order valence-electron chi connectivity index (χ0n) is 23.6. The number of hydrogen-bond donors (Lipinski definition) is 0. The second-order valence-electron chi connectivity index (χ2n) is 9.61. The molecule has 4 atom stereocenters. The lowest BCUT2D eigenvalue weighted by Crippen LogP contribution is -2.46. The highest BCUT2D eigenvalue weighted by Crippen LogP contribution is 2.46. The zero-order chi connectivity index (χ0) is 32.5. The Bertz CT molecular complexity index is 1020. The van der Waals surface area contributed by atoms with Gasteiger partial charge < -0.3 is 23.7 Å². The van der Waals surface area contributed by atoms with Crippen molar-refractivity contribution in [1.29, 1.82) is 0 Å². The maximum absolute atomic E-state index is 14.4. The van der Waals surface area contributed by atoms with E-state index >= 15 is 0 Å². The van der Waals surface area contributed by atoms with Gasteiger partial charge in [0.05, 0.1) is 19.8 Å². The van der Waals surface area contributed by atoms with E-state index in [1.165, 1.54) is 21.0 Å². The predicted octanol–water partition coefficient (Wildman–Crippen LogP) is 5.80. The van der Waals surface area contributed by atoms with Crippen molar-refractivity contribution < 1.29 is 69.1 Å². The van der Waals surface area contributed by atoms with Crippen LogP contribution in [-0.2, 0) is 49.4 Å². The minimum absolute atomic E-state index is 0.0384. The highest BCUT2D eigenvalue weighted by Gasteiger charge is 2.57. The van der Waals surface area contributed by atoms with Crippen LogP contribution in [0.25, 0.3) is 0 Å². The molecular formula is C27H33F7O8. The highest BCUT2D eigenvalue weighted by molar-refractivity contribution is 5.87. The number of methoxy groups -OCH3 is 1. The molecule has 1 aromatic rings. The van der Waals surface area contributed by atoms with Crippen LogP contribution in [0.1, 0.15) is 38.8 Å².